The Balaban J connectivity index is 1.84. The molecule has 0 unspecified atom stereocenters. The minimum absolute atomic E-state index is 0.481. The lowest BCUT2D eigenvalue weighted by Crippen LogP contribution is -1.99. The van der Waals surface area contributed by atoms with E-state index in [1.807, 2.05) is 6.07 Å². The first kappa shape index (κ1) is 14.2. The summed E-state index contributed by atoms with van der Waals surface area (Å²) in [4.78, 5) is 10.3. The van der Waals surface area contributed by atoms with Crippen molar-refractivity contribution in [2.75, 3.05) is 6.54 Å². The number of nitrogens with one attached hydrogen (secondary N) is 1. The molecule has 2 aromatic carbocycles. The molecule has 5 heteroatoms. The van der Waals surface area contributed by atoms with Crippen LogP contribution in [-0.2, 0) is 19.3 Å². The second-order valence-corrected chi connectivity index (χ2v) is 5.23. The Morgan fingerprint density at radius 1 is 1.05 bits per heavy atom. The van der Waals surface area contributed by atoms with Crippen molar-refractivity contribution in [1.29, 1.82) is 0 Å². The van der Waals surface area contributed by atoms with Crippen LogP contribution >= 0.6 is 0 Å². The third kappa shape index (κ3) is 3.27. The Hall–Kier alpha value is -2.78. The zero-order valence-corrected chi connectivity index (χ0v) is 12.2. The van der Waals surface area contributed by atoms with E-state index in [0.717, 1.165) is 30.3 Å². The molecule has 0 saturated carbocycles. The van der Waals surface area contributed by atoms with E-state index < -0.39 is 0 Å². The van der Waals surface area contributed by atoms with Crippen molar-refractivity contribution in [1.82, 2.24) is 9.97 Å². The molecule has 1 N–H and O–H groups in total. The highest BCUT2D eigenvalue weighted by Gasteiger charge is 2.07. The molecule has 3 rings (SSSR count). The number of nitrogens with zero attached hydrogens (tertiary/aromatic N) is 4. The normalized spacial score (nSPS) is 10.5. The summed E-state index contributed by atoms with van der Waals surface area (Å²) in [6, 6.07) is 14.7. The van der Waals surface area contributed by atoms with Gasteiger partial charge in [-0.05, 0) is 53.6 Å². The molecule has 5 nitrogen and oxygen atoms in total. The first-order valence-corrected chi connectivity index (χ1v) is 7.36. The maximum Gasteiger partial charge on any atom is 0.0931 e. The molecule has 0 atom stereocenters. The van der Waals surface area contributed by atoms with E-state index in [0.29, 0.717) is 6.54 Å². The van der Waals surface area contributed by atoms with Gasteiger partial charge in [-0.25, -0.2) is 4.98 Å². The van der Waals surface area contributed by atoms with Crippen LogP contribution in [0.1, 0.15) is 16.7 Å². The summed E-state index contributed by atoms with van der Waals surface area (Å²) in [5.41, 5.74) is 14.3. The van der Waals surface area contributed by atoms with Gasteiger partial charge in [-0.15, -0.1) is 0 Å². The topological polar surface area (TPSA) is 77.4 Å². The lowest BCUT2D eigenvalue weighted by Gasteiger charge is -2.09. The number of aromatic nitrogens is 2. The number of benzene rings is 2. The Kier molecular flexibility index (Phi) is 4.37. The summed E-state index contributed by atoms with van der Waals surface area (Å²) in [5.74, 6) is 0. The van der Waals surface area contributed by atoms with Crippen molar-refractivity contribution < 1.29 is 0 Å². The van der Waals surface area contributed by atoms with E-state index in [1.54, 1.807) is 6.33 Å². The van der Waals surface area contributed by atoms with Gasteiger partial charge >= 0.3 is 0 Å². The molecule has 1 aromatic heterocycles. The van der Waals surface area contributed by atoms with Gasteiger partial charge in [-0.3, -0.25) is 0 Å². The van der Waals surface area contributed by atoms with Crippen LogP contribution in [0.5, 0.6) is 0 Å². The zero-order valence-electron chi connectivity index (χ0n) is 12.2. The molecule has 0 spiro atoms. The third-order valence-electron chi connectivity index (χ3n) is 3.81. The van der Waals surface area contributed by atoms with Crippen molar-refractivity contribution in [3.63, 3.8) is 0 Å². The van der Waals surface area contributed by atoms with Crippen LogP contribution in [0.3, 0.4) is 0 Å². The molecule has 0 saturated heterocycles. The zero-order chi connectivity index (χ0) is 15.2. The molecule has 0 aliphatic heterocycles. The number of rotatable bonds is 6. The number of hydrogen-bond donors (Lipinski definition) is 1. The SMILES string of the molecule is [N-]=[N+]=NCCc1cc2[nH]cnc2cc1CCc1ccccc1. The fourth-order valence-electron chi connectivity index (χ4n) is 2.67. The Bertz CT molecular complexity index is 800. The molecule has 0 aliphatic carbocycles. The molecule has 3 aromatic rings. The highest BCUT2D eigenvalue weighted by Crippen LogP contribution is 2.20. The van der Waals surface area contributed by atoms with Crippen LogP contribution in [-0.4, -0.2) is 16.5 Å². The fraction of sp³-hybridized carbons (Fsp3) is 0.235. The Morgan fingerprint density at radius 2 is 1.86 bits per heavy atom. The fourth-order valence-corrected chi connectivity index (χ4v) is 2.67. The van der Waals surface area contributed by atoms with Gasteiger partial charge in [0.1, 0.15) is 0 Å². The van der Waals surface area contributed by atoms with Crippen LogP contribution < -0.4 is 0 Å². The number of fused-ring (bicyclic) bond motifs is 1. The van der Waals surface area contributed by atoms with Crippen LogP contribution in [0.25, 0.3) is 21.5 Å². The standard InChI is InChI=1S/C17H17N5/c18-22-21-9-8-15-11-17-16(19-12-20-17)10-14(15)7-6-13-4-2-1-3-5-13/h1-5,10-12H,6-9H2,(H,19,20). The number of H-pyrrole nitrogens is 1. The molecular weight excluding hydrogens is 274 g/mol. The second-order valence-electron chi connectivity index (χ2n) is 5.23. The van der Waals surface area contributed by atoms with E-state index in [2.05, 4.69) is 56.4 Å². The first-order chi connectivity index (χ1) is 10.9. The molecule has 22 heavy (non-hydrogen) atoms. The second kappa shape index (κ2) is 6.78. The average molecular weight is 291 g/mol. The van der Waals surface area contributed by atoms with Crippen molar-refractivity contribution in [3.05, 3.63) is 75.9 Å². The monoisotopic (exact) mass is 291 g/mol. The molecule has 1 heterocycles. The summed E-state index contributed by atoms with van der Waals surface area (Å²) < 4.78 is 0. The third-order valence-corrected chi connectivity index (χ3v) is 3.81. The van der Waals surface area contributed by atoms with Crippen molar-refractivity contribution in [2.45, 2.75) is 19.3 Å². The van der Waals surface area contributed by atoms with Crippen molar-refractivity contribution in [3.8, 4) is 0 Å². The van der Waals surface area contributed by atoms with Crippen LogP contribution in [0.4, 0.5) is 0 Å². The van der Waals surface area contributed by atoms with Gasteiger partial charge in [0, 0.05) is 11.5 Å². The maximum atomic E-state index is 8.45. The number of imidazole rings is 1. The maximum absolute atomic E-state index is 8.45. The lowest BCUT2D eigenvalue weighted by molar-refractivity contribution is 0.898. The molecular formula is C17H17N5. The smallest absolute Gasteiger partial charge is 0.0931 e. The van der Waals surface area contributed by atoms with Gasteiger partial charge in [-0.1, -0.05) is 35.4 Å². The molecule has 0 aliphatic rings. The van der Waals surface area contributed by atoms with Crippen LogP contribution in [0.15, 0.2) is 53.9 Å². The van der Waals surface area contributed by atoms with Crippen molar-refractivity contribution >= 4 is 11.0 Å². The number of aromatic amines is 1. The summed E-state index contributed by atoms with van der Waals surface area (Å²) >= 11 is 0. The minimum atomic E-state index is 0.481. The lowest BCUT2D eigenvalue weighted by atomic mass is 9.97. The molecule has 0 bridgehead atoms. The molecule has 0 fully saturated rings. The van der Waals surface area contributed by atoms with E-state index in [9.17, 15) is 0 Å². The van der Waals surface area contributed by atoms with Crippen LogP contribution in [0.2, 0.25) is 0 Å². The van der Waals surface area contributed by atoms with Gasteiger partial charge in [-0.2, -0.15) is 0 Å². The minimum Gasteiger partial charge on any atom is -0.345 e. The highest BCUT2D eigenvalue weighted by atomic mass is 15.1. The summed E-state index contributed by atoms with van der Waals surface area (Å²) in [5, 5.41) is 3.65. The van der Waals surface area contributed by atoms with E-state index in [4.69, 9.17) is 5.53 Å². The summed E-state index contributed by atoms with van der Waals surface area (Å²) in [6.07, 6.45) is 4.41. The van der Waals surface area contributed by atoms with E-state index >= 15 is 0 Å². The average Bonchev–Trinajstić information content (AvgIpc) is 3.01. The Morgan fingerprint density at radius 3 is 2.68 bits per heavy atom. The van der Waals surface area contributed by atoms with Gasteiger partial charge < -0.3 is 4.98 Å². The number of aryl methyl sites for hydroxylation is 2. The van der Waals surface area contributed by atoms with Gasteiger partial charge in [0.25, 0.3) is 0 Å². The number of azide groups is 1. The molecule has 0 radical (unpaired) electrons. The largest absolute Gasteiger partial charge is 0.345 e. The quantitative estimate of drug-likeness (QED) is 0.412. The Labute approximate surface area is 128 Å². The molecule has 0 amide bonds. The summed E-state index contributed by atoms with van der Waals surface area (Å²) in [7, 11) is 0. The van der Waals surface area contributed by atoms with Crippen molar-refractivity contribution in [2.24, 2.45) is 5.11 Å². The van der Waals surface area contributed by atoms with Gasteiger partial charge in [0.15, 0.2) is 0 Å². The first-order valence-electron chi connectivity index (χ1n) is 7.36. The number of hydrogen-bond acceptors (Lipinski definition) is 2. The van der Waals surface area contributed by atoms with Crippen LogP contribution in [0, 0.1) is 0 Å². The summed E-state index contributed by atoms with van der Waals surface area (Å²) in [6.45, 7) is 0.481. The highest BCUT2D eigenvalue weighted by molar-refractivity contribution is 5.76. The van der Waals surface area contributed by atoms with Gasteiger partial charge in [0.2, 0.25) is 0 Å². The van der Waals surface area contributed by atoms with Gasteiger partial charge in [0.05, 0.1) is 17.4 Å². The van der Waals surface area contributed by atoms with E-state index in [-0.39, 0.29) is 0 Å². The predicted octanol–water partition coefficient (Wildman–Crippen LogP) is 4.20. The van der Waals surface area contributed by atoms with E-state index in [1.165, 1.54) is 16.7 Å². The predicted molar refractivity (Wildman–Crippen MR) is 87.7 cm³/mol. The molecule has 110 valence electrons.